The summed E-state index contributed by atoms with van der Waals surface area (Å²) in [4.78, 5) is 27.6. The van der Waals surface area contributed by atoms with Crippen LogP contribution in [0.3, 0.4) is 0 Å². The van der Waals surface area contributed by atoms with Gasteiger partial charge in [-0.2, -0.15) is 5.10 Å². The standard InChI is InChI=1S/C31H29N5O2/c1-32-29(37)25-10-5-4-9-24(25)23-8-3-2-7-21(23)11-13-27-26-17-22(12-14-28(26)35-34-27)30(38)36-19-31(20-36)15-6-16-33-18-31/h2-5,7-10,12,14,17,33H,6,15-16,18-20H2,1H3,(H,32,37)(H,34,35). The van der Waals surface area contributed by atoms with Gasteiger partial charge >= 0.3 is 0 Å². The summed E-state index contributed by atoms with van der Waals surface area (Å²) in [5.41, 5.74) is 5.40. The molecule has 6 rings (SSSR count). The number of hydrogen-bond acceptors (Lipinski definition) is 4. The Bertz CT molecular complexity index is 1600. The number of nitrogens with one attached hydrogen (secondary N) is 3. The molecule has 0 saturated carbocycles. The first-order valence-corrected chi connectivity index (χ1v) is 13.0. The normalized spacial score (nSPS) is 16.0. The van der Waals surface area contributed by atoms with Gasteiger partial charge < -0.3 is 15.5 Å². The summed E-state index contributed by atoms with van der Waals surface area (Å²) < 4.78 is 0. The van der Waals surface area contributed by atoms with Crippen LogP contribution in [0.1, 0.15) is 44.8 Å². The van der Waals surface area contributed by atoms with Crippen LogP contribution in [0.15, 0.2) is 66.7 Å². The van der Waals surface area contributed by atoms with Crippen LogP contribution >= 0.6 is 0 Å². The molecule has 0 unspecified atom stereocenters. The van der Waals surface area contributed by atoms with Gasteiger partial charge in [0.25, 0.3) is 11.8 Å². The average molecular weight is 504 g/mol. The first-order valence-electron chi connectivity index (χ1n) is 13.0. The second-order valence-corrected chi connectivity index (χ2v) is 10.2. The molecule has 7 heteroatoms. The van der Waals surface area contributed by atoms with E-state index in [4.69, 9.17) is 0 Å². The van der Waals surface area contributed by atoms with E-state index < -0.39 is 0 Å². The summed E-state index contributed by atoms with van der Waals surface area (Å²) in [5.74, 6) is 6.40. The van der Waals surface area contributed by atoms with Gasteiger partial charge in [0, 0.05) is 54.2 Å². The molecule has 0 aliphatic carbocycles. The predicted molar refractivity (Wildman–Crippen MR) is 148 cm³/mol. The molecule has 2 aliphatic rings. The molecule has 2 fully saturated rings. The Morgan fingerprint density at radius 2 is 1.79 bits per heavy atom. The van der Waals surface area contributed by atoms with Gasteiger partial charge in [-0.25, -0.2) is 0 Å². The molecule has 3 heterocycles. The molecule has 1 spiro atoms. The summed E-state index contributed by atoms with van der Waals surface area (Å²) in [5, 5.41) is 14.4. The molecule has 0 bridgehead atoms. The SMILES string of the molecule is CNC(=O)c1ccccc1-c1ccccc1C#Cc1[nH]nc2ccc(C(=O)N3CC4(CCCNC4)C3)cc12. The third-order valence-electron chi connectivity index (χ3n) is 7.64. The fourth-order valence-corrected chi connectivity index (χ4v) is 5.64. The first-order chi connectivity index (χ1) is 18.6. The summed E-state index contributed by atoms with van der Waals surface area (Å²) >= 11 is 0. The van der Waals surface area contributed by atoms with Gasteiger partial charge in [0.1, 0.15) is 5.69 Å². The third-order valence-corrected chi connectivity index (χ3v) is 7.64. The summed E-state index contributed by atoms with van der Waals surface area (Å²) in [7, 11) is 1.63. The fraction of sp³-hybridized carbons (Fsp3) is 0.258. The van der Waals surface area contributed by atoms with Gasteiger partial charge in [-0.3, -0.25) is 14.7 Å². The second kappa shape index (κ2) is 9.81. The van der Waals surface area contributed by atoms with E-state index in [0.717, 1.165) is 53.8 Å². The number of H-pyrrole nitrogens is 1. The first kappa shape index (κ1) is 24.0. The van der Waals surface area contributed by atoms with Crippen LogP contribution in [0.4, 0.5) is 0 Å². The minimum atomic E-state index is -0.145. The molecule has 2 aliphatic heterocycles. The van der Waals surface area contributed by atoms with Crippen LogP contribution in [0.2, 0.25) is 0 Å². The Kier molecular flexibility index (Phi) is 6.18. The molecule has 3 aromatic carbocycles. The van der Waals surface area contributed by atoms with Crippen molar-refractivity contribution >= 4 is 22.7 Å². The van der Waals surface area contributed by atoms with Crippen molar-refractivity contribution in [1.29, 1.82) is 0 Å². The summed E-state index contributed by atoms with van der Waals surface area (Å²) in [6.07, 6.45) is 2.35. The van der Waals surface area contributed by atoms with E-state index in [1.54, 1.807) is 7.05 Å². The zero-order valence-corrected chi connectivity index (χ0v) is 21.3. The largest absolute Gasteiger partial charge is 0.355 e. The van der Waals surface area contributed by atoms with E-state index >= 15 is 0 Å². The van der Waals surface area contributed by atoms with Crippen molar-refractivity contribution in [3.05, 3.63) is 89.1 Å². The number of hydrogen-bond donors (Lipinski definition) is 3. The number of rotatable bonds is 3. The Morgan fingerprint density at radius 1 is 1.00 bits per heavy atom. The molecule has 3 N–H and O–H groups in total. The highest BCUT2D eigenvalue weighted by molar-refractivity contribution is 6.01. The number of piperidine rings is 1. The van der Waals surface area contributed by atoms with Crippen molar-refractivity contribution in [2.75, 3.05) is 33.2 Å². The molecule has 0 radical (unpaired) electrons. The van der Waals surface area contributed by atoms with Crippen LogP contribution in [-0.2, 0) is 0 Å². The number of carbonyl (C=O) groups excluding carboxylic acids is 2. The van der Waals surface area contributed by atoms with Crippen molar-refractivity contribution in [2.24, 2.45) is 5.41 Å². The van der Waals surface area contributed by atoms with Crippen LogP contribution < -0.4 is 10.6 Å². The van der Waals surface area contributed by atoms with E-state index in [0.29, 0.717) is 16.8 Å². The lowest BCUT2D eigenvalue weighted by Crippen LogP contribution is -2.63. The van der Waals surface area contributed by atoms with E-state index in [1.165, 1.54) is 12.8 Å². The Hall–Kier alpha value is -4.41. The van der Waals surface area contributed by atoms with Crippen molar-refractivity contribution in [3.63, 3.8) is 0 Å². The van der Waals surface area contributed by atoms with E-state index in [-0.39, 0.29) is 17.2 Å². The van der Waals surface area contributed by atoms with Gasteiger partial charge in [0.15, 0.2) is 0 Å². The molecule has 7 nitrogen and oxygen atoms in total. The molecule has 190 valence electrons. The highest BCUT2D eigenvalue weighted by atomic mass is 16.2. The minimum absolute atomic E-state index is 0.0550. The highest BCUT2D eigenvalue weighted by Crippen LogP contribution is 2.37. The van der Waals surface area contributed by atoms with Crippen LogP contribution in [-0.4, -0.2) is 60.1 Å². The number of aromatic nitrogens is 2. The minimum Gasteiger partial charge on any atom is -0.355 e. The van der Waals surface area contributed by atoms with Crippen molar-refractivity contribution in [2.45, 2.75) is 12.8 Å². The summed E-state index contributed by atoms with van der Waals surface area (Å²) in [6, 6.07) is 20.9. The topological polar surface area (TPSA) is 90.1 Å². The zero-order valence-electron chi connectivity index (χ0n) is 21.3. The lowest BCUT2D eigenvalue weighted by Gasteiger charge is -2.52. The van der Waals surface area contributed by atoms with Crippen molar-refractivity contribution < 1.29 is 9.59 Å². The van der Waals surface area contributed by atoms with Gasteiger partial charge in [0.2, 0.25) is 0 Å². The quantitative estimate of drug-likeness (QED) is 0.371. The van der Waals surface area contributed by atoms with Crippen molar-refractivity contribution in [3.8, 4) is 23.0 Å². The number of carbonyl (C=O) groups is 2. The molecular formula is C31H29N5O2. The van der Waals surface area contributed by atoms with Crippen LogP contribution in [0.5, 0.6) is 0 Å². The Balaban J connectivity index is 1.29. The molecule has 2 saturated heterocycles. The fourth-order valence-electron chi connectivity index (χ4n) is 5.64. The maximum atomic E-state index is 13.2. The molecule has 38 heavy (non-hydrogen) atoms. The van der Waals surface area contributed by atoms with Crippen molar-refractivity contribution in [1.82, 2.24) is 25.7 Å². The van der Waals surface area contributed by atoms with E-state index in [2.05, 4.69) is 32.7 Å². The Morgan fingerprint density at radius 3 is 2.58 bits per heavy atom. The number of amides is 2. The molecule has 4 aromatic rings. The average Bonchev–Trinajstić information content (AvgIpc) is 3.36. The number of likely N-dealkylation sites (tertiary alicyclic amines) is 1. The predicted octanol–water partition coefficient (Wildman–Crippen LogP) is 3.81. The maximum Gasteiger partial charge on any atom is 0.253 e. The highest BCUT2D eigenvalue weighted by Gasteiger charge is 2.45. The lowest BCUT2D eigenvalue weighted by atomic mass is 9.74. The van der Waals surface area contributed by atoms with E-state index in [9.17, 15) is 9.59 Å². The Labute approximate surface area is 221 Å². The number of fused-ring (bicyclic) bond motifs is 1. The zero-order chi connectivity index (χ0) is 26.1. The smallest absolute Gasteiger partial charge is 0.253 e. The van der Waals surface area contributed by atoms with Gasteiger partial charge in [-0.05, 0) is 66.8 Å². The molecule has 1 aromatic heterocycles. The third kappa shape index (κ3) is 4.33. The second-order valence-electron chi connectivity index (χ2n) is 10.2. The number of nitrogens with zero attached hydrogens (tertiary/aromatic N) is 2. The van der Waals surface area contributed by atoms with Crippen LogP contribution in [0, 0.1) is 17.3 Å². The molecule has 0 atom stereocenters. The van der Waals surface area contributed by atoms with Crippen LogP contribution in [0.25, 0.3) is 22.0 Å². The lowest BCUT2D eigenvalue weighted by molar-refractivity contribution is -0.00721. The molecular weight excluding hydrogens is 474 g/mol. The maximum absolute atomic E-state index is 13.2. The summed E-state index contributed by atoms with van der Waals surface area (Å²) in [6.45, 7) is 3.68. The number of benzene rings is 3. The number of aromatic amines is 1. The molecule has 2 amide bonds. The van der Waals surface area contributed by atoms with Gasteiger partial charge in [-0.1, -0.05) is 42.3 Å². The van der Waals surface area contributed by atoms with Gasteiger partial charge in [0.05, 0.1) is 5.52 Å². The van der Waals surface area contributed by atoms with E-state index in [1.807, 2.05) is 71.6 Å². The van der Waals surface area contributed by atoms with Gasteiger partial charge in [-0.15, -0.1) is 0 Å². The monoisotopic (exact) mass is 503 g/mol.